The smallest absolute Gasteiger partial charge is 0.225 e. The molecule has 0 radical (unpaired) electrons. The van der Waals surface area contributed by atoms with Crippen molar-refractivity contribution in [3.05, 3.63) is 22.4 Å². The lowest BCUT2D eigenvalue weighted by Crippen LogP contribution is -2.37. The van der Waals surface area contributed by atoms with Crippen LogP contribution < -0.4 is 0 Å². The van der Waals surface area contributed by atoms with E-state index in [9.17, 15) is 4.79 Å². The van der Waals surface area contributed by atoms with Gasteiger partial charge in [0.1, 0.15) is 0 Å². The normalized spacial score (nSPS) is 16.1. The molecular weight excluding hydrogens is 206 g/mol. The lowest BCUT2D eigenvalue weighted by molar-refractivity contribution is -0.136. The van der Waals surface area contributed by atoms with Crippen molar-refractivity contribution in [2.24, 2.45) is 5.92 Å². The Morgan fingerprint density at radius 2 is 2.40 bits per heavy atom. The minimum absolute atomic E-state index is 0.332. The Labute approximate surface area is 94.9 Å². The molecule has 0 aromatic carbocycles. The van der Waals surface area contributed by atoms with Crippen molar-refractivity contribution < 1.29 is 4.79 Å². The van der Waals surface area contributed by atoms with E-state index in [2.05, 4.69) is 17.5 Å². The fraction of sp³-hybridized carbons (Fsp3) is 0.583. The van der Waals surface area contributed by atoms with E-state index in [1.807, 2.05) is 11.9 Å². The van der Waals surface area contributed by atoms with Gasteiger partial charge in [0.2, 0.25) is 5.91 Å². The Hall–Kier alpha value is -0.830. The number of likely N-dealkylation sites (N-methyl/N-ethyl adjacent to an activating group) is 1. The van der Waals surface area contributed by atoms with Gasteiger partial charge in [-0.15, -0.1) is 11.3 Å². The number of nitrogens with zero attached hydrogens (tertiary/aromatic N) is 1. The lowest BCUT2D eigenvalue weighted by atomic mass is 9.84. The Morgan fingerprint density at radius 1 is 1.60 bits per heavy atom. The quantitative estimate of drug-likeness (QED) is 0.768. The molecule has 0 atom stereocenters. The Kier molecular flexibility index (Phi) is 3.41. The molecule has 2 nitrogen and oxygen atoms in total. The zero-order chi connectivity index (χ0) is 10.7. The zero-order valence-corrected chi connectivity index (χ0v) is 9.93. The summed E-state index contributed by atoms with van der Waals surface area (Å²) in [4.78, 5) is 15.1. The summed E-state index contributed by atoms with van der Waals surface area (Å²) in [5.74, 6) is 0.677. The third kappa shape index (κ3) is 2.59. The summed E-state index contributed by atoms with van der Waals surface area (Å²) in [7, 11) is 1.92. The third-order valence-corrected chi connectivity index (χ3v) is 4.04. The SMILES string of the molecule is CN(CCc1cccs1)C(=O)C1CCC1. The minimum atomic E-state index is 0.332. The van der Waals surface area contributed by atoms with Crippen LogP contribution in [-0.2, 0) is 11.2 Å². The van der Waals surface area contributed by atoms with Crippen LogP contribution in [0.15, 0.2) is 17.5 Å². The molecule has 1 saturated carbocycles. The molecule has 1 amide bonds. The first-order valence-electron chi connectivity index (χ1n) is 5.55. The largest absolute Gasteiger partial charge is 0.345 e. The Bertz CT molecular complexity index is 316. The summed E-state index contributed by atoms with van der Waals surface area (Å²) < 4.78 is 0. The first-order chi connectivity index (χ1) is 7.27. The summed E-state index contributed by atoms with van der Waals surface area (Å²) in [6, 6.07) is 4.19. The number of carbonyl (C=O) groups excluding carboxylic acids is 1. The van der Waals surface area contributed by atoms with Gasteiger partial charge < -0.3 is 4.90 Å². The predicted molar refractivity (Wildman–Crippen MR) is 63.0 cm³/mol. The van der Waals surface area contributed by atoms with Crippen molar-refractivity contribution in [3.8, 4) is 0 Å². The second kappa shape index (κ2) is 4.79. The molecule has 1 aliphatic carbocycles. The Morgan fingerprint density at radius 3 is 2.93 bits per heavy atom. The van der Waals surface area contributed by atoms with Crippen LogP contribution in [-0.4, -0.2) is 24.4 Å². The molecule has 1 aromatic rings. The highest BCUT2D eigenvalue weighted by Gasteiger charge is 2.27. The number of hydrogen-bond donors (Lipinski definition) is 0. The Balaban J connectivity index is 1.76. The average molecular weight is 223 g/mol. The monoisotopic (exact) mass is 223 g/mol. The van der Waals surface area contributed by atoms with Crippen LogP contribution in [0.1, 0.15) is 24.1 Å². The van der Waals surface area contributed by atoms with Gasteiger partial charge in [-0.3, -0.25) is 4.79 Å². The fourth-order valence-electron chi connectivity index (χ4n) is 1.81. The van der Waals surface area contributed by atoms with Crippen molar-refractivity contribution in [2.45, 2.75) is 25.7 Å². The number of hydrogen-bond acceptors (Lipinski definition) is 2. The van der Waals surface area contributed by atoms with Gasteiger partial charge in [-0.05, 0) is 30.7 Å². The molecule has 15 heavy (non-hydrogen) atoms. The molecule has 2 rings (SSSR count). The van der Waals surface area contributed by atoms with Crippen LogP contribution in [0, 0.1) is 5.92 Å². The van der Waals surface area contributed by atoms with Gasteiger partial charge in [-0.2, -0.15) is 0 Å². The second-order valence-corrected chi connectivity index (χ2v) is 5.25. The number of rotatable bonds is 4. The van der Waals surface area contributed by atoms with Crippen molar-refractivity contribution in [2.75, 3.05) is 13.6 Å². The van der Waals surface area contributed by atoms with Crippen molar-refractivity contribution in [1.29, 1.82) is 0 Å². The van der Waals surface area contributed by atoms with E-state index in [4.69, 9.17) is 0 Å². The molecule has 0 saturated heterocycles. The topological polar surface area (TPSA) is 20.3 Å². The molecule has 1 fully saturated rings. The zero-order valence-electron chi connectivity index (χ0n) is 9.11. The highest BCUT2D eigenvalue weighted by atomic mass is 32.1. The first kappa shape index (κ1) is 10.7. The molecule has 0 N–H and O–H groups in total. The van der Waals surface area contributed by atoms with Crippen LogP contribution in [0.2, 0.25) is 0 Å². The molecule has 1 heterocycles. The van der Waals surface area contributed by atoms with Gasteiger partial charge in [-0.25, -0.2) is 0 Å². The summed E-state index contributed by atoms with van der Waals surface area (Å²) in [6.45, 7) is 0.857. The molecule has 82 valence electrons. The third-order valence-electron chi connectivity index (χ3n) is 3.10. The lowest BCUT2D eigenvalue weighted by Gasteiger charge is -2.29. The highest BCUT2D eigenvalue weighted by molar-refractivity contribution is 7.09. The van der Waals surface area contributed by atoms with E-state index >= 15 is 0 Å². The summed E-state index contributed by atoms with van der Waals surface area (Å²) in [5.41, 5.74) is 0. The van der Waals surface area contributed by atoms with Gasteiger partial charge in [0.25, 0.3) is 0 Å². The molecule has 0 spiro atoms. The maximum Gasteiger partial charge on any atom is 0.225 e. The van der Waals surface area contributed by atoms with E-state index in [1.54, 1.807) is 11.3 Å². The van der Waals surface area contributed by atoms with Gasteiger partial charge in [0, 0.05) is 24.4 Å². The van der Waals surface area contributed by atoms with E-state index < -0.39 is 0 Å². The first-order valence-corrected chi connectivity index (χ1v) is 6.42. The van der Waals surface area contributed by atoms with Crippen LogP contribution in [0.3, 0.4) is 0 Å². The van der Waals surface area contributed by atoms with E-state index in [0.29, 0.717) is 11.8 Å². The van der Waals surface area contributed by atoms with Gasteiger partial charge in [0.15, 0.2) is 0 Å². The van der Waals surface area contributed by atoms with Crippen molar-refractivity contribution in [3.63, 3.8) is 0 Å². The highest BCUT2D eigenvalue weighted by Crippen LogP contribution is 2.27. The van der Waals surface area contributed by atoms with Crippen molar-refractivity contribution in [1.82, 2.24) is 4.90 Å². The van der Waals surface area contributed by atoms with Gasteiger partial charge >= 0.3 is 0 Å². The molecule has 3 heteroatoms. The number of carbonyl (C=O) groups is 1. The van der Waals surface area contributed by atoms with E-state index in [-0.39, 0.29) is 0 Å². The van der Waals surface area contributed by atoms with Gasteiger partial charge in [-0.1, -0.05) is 12.5 Å². The van der Waals surface area contributed by atoms with Crippen LogP contribution >= 0.6 is 11.3 Å². The molecule has 1 aromatic heterocycles. The average Bonchev–Trinajstić information content (AvgIpc) is 2.63. The van der Waals surface area contributed by atoms with E-state index in [0.717, 1.165) is 25.8 Å². The molecule has 0 aliphatic heterocycles. The molecule has 0 bridgehead atoms. The number of thiophene rings is 1. The summed E-state index contributed by atoms with van der Waals surface area (Å²) in [5, 5.41) is 2.09. The maximum atomic E-state index is 11.8. The van der Waals surface area contributed by atoms with Gasteiger partial charge in [0.05, 0.1) is 0 Å². The molecule has 1 aliphatic rings. The summed E-state index contributed by atoms with van der Waals surface area (Å²) in [6.07, 6.45) is 4.42. The van der Waals surface area contributed by atoms with Crippen LogP contribution in [0.5, 0.6) is 0 Å². The summed E-state index contributed by atoms with van der Waals surface area (Å²) >= 11 is 1.77. The standard InChI is InChI=1S/C12H17NOS/c1-13(12(14)10-4-2-5-10)8-7-11-6-3-9-15-11/h3,6,9-10H,2,4-5,7-8H2,1H3. The second-order valence-electron chi connectivity index (χ2n) is 4.22. The van der Waals surface area contributed by atoms with Crippen LogP contribution in [0.4, 0.5) is 0 Å². The maximum absolute atomic E-state index is 11.8. The molecular formula is C12H17NOS. The fourth-order valence-corrected chi connectivity index (χ4v) is 2.51. The minimum Gasteiger partial charge on any atom is -0.345 e. The molecule has 0 unspecified atom stereocenters. The number of amides is 1. The predicted octanol–water partition coefficient (Wildman–Crippen LogP) is 2.55. The van der Waals surface area contributed by atoms with Crippen LogP contribution in [0.25, 0.3) is 0 Å². The van der Waals surface area contributed by atoms with E-state index in [1.165, 1.54) is 11.3 Å². The van der Waals surface area contributed by atoms with Crippen molar-refractivity contribution >= 4 is 17.2 Å².